The van der Waals surface area contributed by atoms with Crippen molar-refractivity contribution in [2.24, 2.45) is 0 Å². The van der Waals surface area contributed by atoms with Gasteiger partial charge < -0.3 is 0 Å². The Hall–Kier alpha value is -1.01. The summed E-state index contributed by atoms with van der Waals surface area (Å²) in [4.78, 5) is 0.232. The van der Waals surface area contributed by atoms with Gasteiger partial charge in [-0.05, 0) is 31.2 Å². The smallest absolute Gasteiger partial charge is 0.264 e. The van der Waals surface area contributed by atoms with Crippen LogP contribution in [0.25, 0.3) is 0 Å². The summed E-state index contributed by atoms with van der Waals surface area (Å²) in [5.74, 6) is 0. The summed E-state index contributed by atoms with van der Waals surface area (Å²) in [7, 11) is -10.1. The van der Waals surface area contributed by atoms with Crippen LogP contribution in [0.1, 0.15) is 6.92 Å². The second-order valence-electron chi connectivity index (χ2n) is 3.36. The molecule has 0 aliphatic heterocycles. The molecule has 0 fully saturated rings. The molecule has 8 nitrogen and oxygen atoms in total. The molecule has 11 heteroatoms. The molecule has 0 atom stereocenters. The molecule has 0 spiro atoms. The third-order valence-electron chi connectivity index (χ3n) is 1.74. The van der Waals surface area contributed by atoms with Gasteiger partial charge >= 0.3 is 10.4 Å². The van der Waals surface area contributed by atoms with Gasteiger partial charge in [-0.15, -0.1) is 0 Å². The van der Waals surface area contributed by atoms with Crippen molar-refractivity contribution in [2.45, 2.75) is 16.7 Å². The number of hydrogen-bond donors (Lipinski definition) is 2. The van der Waals surface area contributed by atoms with Crippen molar-refractivity contribution in [3.8, 4) is 0 Å². The number of thiol groups is 1. The van der Waals surface area contributed by atoms with Gasteiger partial charge in [0.2, 0.25) is 0 Å². The van der Waals surface area contributed by atoms with Gasteiger partial charge in [0.25, 0.3) is 0 Å². The Labute approximate surface area is 119 Å². The topological polar surface area (TPSA) is 132 Å². The van der Waals surface area contributed by atoms with E-state index in [1.165, 1.54) is 31.2 Å². The first-order valence-corrected chi connectivity index (χ1v) is 9.47. The van der Waals surface area contributed by atoms with Gasteiger partial charge in [-0.25, -0.2) is 21.0 Å². The van der Waals surface area contributed by atoms with E-state index in [9.17, 15) is 25.3 Å². The SMILES string of the molecule is CCOS(=O)(=O)O.CS(=O)(=O)c1ccc([SH](=O)=O)cc1. The average molecular weight is 346 g/mol. The van der Waals surface area contributed by atoms with Crippen LogP contribution in [0, 0.1) is 0 Å². The van der Waals surface area contributed by atoms with E-state index in [4.69, 9.17) is 4.55 Å². The van der Waals surface area contributed by atoms with Crippen molar-refractivity contribution in [2.75, 3.05) is 12.9 Å². The Morgan fingerprint density at radius 2 is 1.55 bits per heavy atom. The molecule has 0 aliphatic rings. The van der Waals surface area contributed by atoms with E-state index in [1.54, 1.807) is 0 Å². The van der Waals surface area contributed by atoms with Crippen molar-refractivity contribution in [1.29, 1.82) is 0 Å². The lowest BCUT2D eigenvalue weighted by molar-refractivity contribution is 0.283. The van der Waals surface area contributed by atoms with Crippen LogP contribution in [-0.4, -0.2) is 42.7 Å². The summed E-state index contributed by atoms with van der Waals surface area (Å²) < 4.78 is 73.5. The molecule has 0 aliphatic carbocycles. The third kappa shape index (κ3) is 8.22. The van der Waals surface area contributed by atoms with Crippen molar-refractivity contribution in [3.05, 3.63) is 24.3 Å². The van der Waals surface area contributed by atoms with Crippen molar-refractivity contribution >= 4 is 30.9 Å². The summed E-state index contributed by atoms with van der Waals surface area (Å²) in [6.45, 7) is 1.44. The fraction of sp³-hybridized carbons (Fsp3) is 0.333. The highest BCUT2D eigenvalue weighted by atomic mass is 32.3. The zero-order chi connectivity index (χ0) is 16.0. The average Bonchev–Trinajstić information content (AvgIpc) is 2.27. The predicted octanol–water partition coefficient (Wildman–Crippen LogP) is -0.114. The van der Waals surface area contributed by atoms with Gasteiger partial charge in [-0.2, -0.15) is 8.42 Å². The molecule has 0 radical (unpaired) electrons. The minimum atomic E-state index is -4.17. The van der Waals surface area contributed by atoms with Crippen LogP contribution in [0.5, 0.6) is 0 Å². The highest BCUT2D eigenvalue weighted by Crippen LogP contribution is 2.10. The quantitative estimate of drug-likeness (QED) is 0.570. The maximum atomic E-state index is 11.0. The second kappa shape index (κ2) is 7.69. The molecule has 1 rings (SSSR count). The summed E-state index contributed by atoms with van der Waals surface area (Å²) in [6.07, 6.45) is 1.07. The maximum Gasteiger partial charge on any atom is 0.397 e. The van der Waals surface area contributed by atoms with Gasteiger partial charge in [-0.1, -0.05) is 0 Å². The maximum absolute atomic E-state index is 11.0. The minimum absolute atomic E-state index is 0.0289. The lowest BCUT2D eigenvalue weighted by Gasteiger charge is -1.96. The number of sulfone groups is 1. The molecular weight excluding hydrogens is 332 g/mol. The molecule has 0 saturated heterocycles. The Bertz CT molecular complexity index is 690. The first-order chi connectivity index (χ1) is 8.97. The molecule has 20 heavy (non-hydrogen) atoms. The highest BCUT2D eigenvalue weighted by molar-refractivity contribution is 7.90. The molecule has 1 N–H and O–H groups in total. The summed E-state index contributed by atoms with van der Waals surface area (Å²) >= 11 is 0. The molecule has 116 valence electrons. The minimum Gasteiger partial charge on any atom is -0.264 e. The van der Waals surface area contributed by atoms with Crippen LogP contribution in [0.2, 0.25) is 0 Å². The monoisotopic (exact) mass is 346 g/mol. The van der Waals surface area contributed by atoms with Crippen molar-refractivity contribution < 1.29 is 34.0 Å². The Balaban J connectivity index is 0.000000441. The molecule has 0 amide bonds. The first-order valence-electron chi connectivity index (χ1n) is 5.03. The van der Waals surface area contributed by atoms with E-state index in [2.05, 4.69) is 4.18 Å². The standard InChI is InChI=1S/C7H8O4S2.C2H6O4S/c1-13(10,11)7-4-2-6(3-5-7)12(8)9;1-2-6-7(3,4)5/h2-5,12H,1H3;2H2,1H3,(H,3,4,5). The fourth-order valence-electron chi connectivity index (χ4n) is 0.964. The molecule has 0 saturated carbocycles. The predicted molar refractivity (Wildman–Crippen MR) is 71.3 cm³/mol. The van der Waals surface area contributed by atoms with Gasteiger partial charge in [0.15, 0.2) is 20.5 Å². The zero-order valence-corrected chi connectivity index (χ0v) is 13.1. The summed E-state index contributed by atoms with van der Waals surface area (Å²) in [5.41, 5.74) is 0. The number of benzene rings is 1. The van der Waals surface area contributed by atoms with Crippen LogP contribution in [0.3, 0.4) is 0 Å². The normalized spacial score (nSPS) is 11.8. The highest BCUT2D eigenvalue weighted by Gasteiger charge is 2.06. The van der Waals surface area contributed by atoms with Crippen LogP contribution < -0.4 is 0 Å². The largest absolute Gasteiger partial charge is 0.397 e. The Kier molecular flexibility index (Phi) is 7.30. The molecule has 1 aromatic rings. The van der Waals surface area contributed by atoms with Crippen LogP contribution in [0.15, 0.2) is 34.1 Å². The molecule has 0 aromatic heterocycles. The van der Waals surface area contributed by atoms with Gasteiger partial charge in [0.1, 0.15) is 0 Å². The van der Waals surface area contributed by atoms with E-state index >= 15 is 0 Å². The van der Waals surface area contributed by atoms with Gasteiger partial charge in [0.05, 0.1) is 16.4 Å². The van der Waals surface area contributed by atoms with E-state index in [0.717, 1.165) is 6.26 Å². The number of hydrogen-bond acceptors (Lipinski definition) is 7. The Morgan fingerprint density at radius 3 is 1.75 bits per heavy atom. The molecule has 0 heterocycles. The Morgan fingerprint density at radius 1 is 1.10 bits per heavy atom. The fourth-order valence-corrected chi connectivity index (χ4v) is 2.28. The second-order valence-corrected chi connectivity index (χ2v) is 7.49. The van der Waals surface area contributed by atoms with Gasteiger partial charge in [0, 0.05) is 6.26 Å². The zero-order valence-electron chi connectivity index (χ0n) is 10.6. The summed E-state index contributed by atoms with van der Waals surface area (Å²) in [6, 6.07) is 5.08. The summed E-state index contributed by atoms with van der Waals surface area (Å²) in [5, 5.41) is 0. The van der Waals surface area contributed by atoms with Gasteiger partial charge in [-0.3, -0.25) is 4.55 Å². The van der Waals surface area contributed by atoms with E-state index < -0.39 is 30.9 Å². The molecular formula is C9H14O8S3. The van der Waals surface area contributed by atoms with E-state index in [0.29, 0.717) is 0 Å². The van der Waals surface area contributed by atoms with Crippen molar-refractivity contribution in [1.82, 2.24) is 0 Å². The number of rotatable bonds is 4. The lowest BCUT2D eigenvalue weighted by atomic mass is 10.4. The third-order valence-corrected chi connectivity index (χ3v) is 4.12. The van der Waals surface area contributed by atoms with E-state index in [1.807, 2.05) is 0 Å². The van der Waals surface area contributed by atoms with Crippen LogP contribution in [-0.2, 0) is 35.1 Å². The molecule has 0 bridgehead atoms. The van der Waals surface area contributed by atoms with E-state index in [-0.39, 0.29) is 16.4 Å². The lowest BCUT2D eigenvalue weighted by Crippen LogP contribution is -2.01. The van der Waals surface area contributed by atoms with Crippen LogP contribution >= 0.6 is 0 Å². The van der Waals surface area contributed by atoms with Crippen molar-refractivity contribution in [3.63, 3.8) is 0 Å². The van der Waals surface area contributed by atoms with Crippen LogP contribution in [0.4, 0.5) is 0 Å². The molecule has 1 aromatic carbocycles. The molecule has 0 unspecified atom stereocenters. The first kappa shape index (κ1) is 19.0.